The maximum Gasteiger partial charge on any atom is 0.338 e. The van der Waals surface area contributed by atoms with Crippen LogP contribution in [-0.2, 0) is 4.74 Å². The topological polar surface area (TPSA) is 38.3 Å². The molecule has 0 spiro atoms. The first-order chi connectivity index (χ1) is 8.55. The van der Waals surface area contributed by atoms with Crippen molar-refractivity contribution in [3.8, 4) is 0 Å². The summed E-state index contributed by atoms with van der Waals surface area (Å²) < 4.78 is 4.95. The highest BCUT2D eigenvalue weighted by Gasteiger charge is 2.42. The lowest BCUT2D eigenvalue weighted by Crippen LogP contribution is -2.24. The Morgan fingerprint density at radius 3 is 2.50 bits per heavy atom. The molecule has 0 aromatic heterocycles. The van der Waals surface area contributed by atoms with Crippen molar-refractivity contribution in [2.75, 3.05) is 11.9 Å². The van der Waals surface area contributed by atoms with Gasteiger partial charge in [0, 0.05) is 11.7 Å². The first-order valence-corrected chi connectivity index (χ1v) is 6.59. The molecule has 0 amide bonds. The smallest absolute Gasteiger partial charge is 0.338 e. The molecule has 1 aromatic carbocycles. The second-order valence-electron chi connectivity index (χ2n) is 5.32. The van der Waals surface area contributed by atoms with E-state index in [4.69, 9.17) is 4.74 Å². The number of hydrogen-bond donors (Lipinski definition) is 1. The Kier molecular flexibility index (Phi) is 3.60. The Bertz CT molecular complexity index is 421. The highest BCUT2D eigenvalue weighted by molar-refractivity contribution is 5.89. The van der Waals surface area contributed by atoms with Gasteiger partial charge < -0.3 is 10.1 Å². The van der Waals surface area contributed by atoms with Crippen LogP contribution in [0, 0.1) is 5.41 Å². The van der Waals surface area contributed by atoms with Gasteiger partial charge in [0.05, 0.1) is 12.2 Å². The summed E-state index contributed by atoms with van der Waals surface area (Å²) in [5, 5.41) is 3.49. The van der Waals surface area contributed by atoms with E-state index in [1.165, 1.54) is 12.8 Å². The molecule has 1 aliphatic rings. The summed E-state index contributed by atoms with van der Waals surface area (Å²) in [4.78, 5) is 11.5. The highest BCUT2D eigenvalue weighted by atomic mass is 16.5. The van der Waals surface area contributed by atoms with Crippen LogP contribution in [0.1, 0.15) is 44.0 Å². The number of rotatable bonds is 5. The molecule has 0 heterocycles. The van der Waals surface area contributed by atoms with Gasteiger partial charge in [-0.15, -0.1) is 0 Å². The maximum atomic E-state index is 11.5. The molecule has 1 aliphatic carbocycles. The van der Waals surface area contributed by atoms with E-state index in [-0.39, 0.29) is 5.97 Å². The monoisotopic (exact) mass is 247 g/mol. The van der Waals surface area contributed by atoms with Gasteiger partial charge >= 0.3 is 5.97 Å². The average Bonchev–Trinajstić information content (AvgIpc) is 3.10. The second-order valence-corrected chi connectivity index (χ2v) is 5.32. The Hall–Kier alpha value is -1.51. The van der Waals surface area contributed by atoms with E-state index < -0.39 is 0 Å². The SMILES string of the molecule is CCOC(=O)c1ccc(NC(C)C2(C)CC2)cc1. The van der Waals surface area contributed by atoms with E-state index in [0.717, 1.165) is 5.69 Å². The van der Waals surface area contributed by atoms with Gasteiger partial charge in [0.1, 0.15) is 0 Å². The van der Waals surface area contributed by atoms with Crippen molar-refractivity contribution in [3.05, 3.63) is 29.8 Å². The molecule has 2 rings (SSSR count). The van der Waals surface area contributed by atoms with E-state index in [0.29, 0.717) is 23.6 Å². The summed E-state index contributed by atoms with van der Waals surface area (Å²) in [5.74, 6) is -0.258. The third-order valence-corrected chi connectivity index (χ3v) is 3.86. The minimum atomic E-state index is -0.258. The number of hydrogen-bond acceptors (Lipinski definition) is 3. The molecular formula is C15H21NO2. The maximum absolute atomic E-state index is 11.5. The molecular weight excluding hydrogens is 226 g/mol. The Morgan fingerprint density at radius 2 is 2.00 bits per heavy atom. The van der Waals surface area contributed by atoms with Crippen LogP contribution in [0.15, 0.2) is 24.3 Å². The predicted octanol–water partition coefficient (Wildman–Crippen LogP) is 3.46. The zero-order chi connectivity index (χ0) is 13.2. The molecule has 1 atom stereocenters. The molecule has 1 fully saturated rings. The Labute approximate surface area is 109 Å². The van der Waals surface area contributed by atoms with E-state index in [2.05, 4.69) is 19.2 Å². The van der Waals surface area contributed by atoms with E-state index >= 15 is 0 Å². The van der Waals surface area contributed by atoms with Gasteiger partial charge in [-0.1, -0.05) is 6.92 Å². The number of nitrogens with one attached hydrogen (secondary N) is 1. The third-order valence-electron chi connectivity index (χ3n) is 3.86. The van der Waals surface area contributed by atoms with Crippen molar-refractivity contribution in [1.29, 1.82) is 0 Å². The Morgan fingerprint density at radius 1 is 1.39 bits per heavy atom. The third kappa shape index (κ3) is 2.84. The quantitative estimate of drug-likeness (QED) is 0.810. The minimum Gasteiger partial charge on any atom is -0.462 e. The number of esters is 1. The van der Waals surface area contributed by atoms with Gasteiger partial charge in [-0.05, 0) is 56.4 Å². The molecule has 0 radical (unpaired) electrons. The lowest BCUT2D eigenvalue weighted by molar-refractivity contribution is 0.0526. The second kappa shape index (κ2) is 5.01. The first kappa shape index (κ1) is 12.9. The fraction of sp³-hybridized carbons (Fsp3) is 0.533. The standard InChI is InChI=1S/C15H21NO2/c1-4-18-14(17)12-5-7-13(8-6-12)16-11(2)15(3)9-10-15/h5-8,11,16H,4,9-10H2,1-3H3. The van der Waals surface area contributed by atoms with Crippen molar-refractivity contribution in [2.45, 2.75) is 39.7 Å². The van der Waals surface area contributed by atoms with Crippen LogP contribution in [0.5, 0.6) is 0 Å². The summed E-state index contributed by atoms with van der Waals surface area (Å²) in [6, 6.07) is 7.96. The summed E-state index contributed by atoms with van der Waals surface area (Å²) >= 11 is 0. The van der Waals surface area contributed by atoms with Gasteiger partial charge in [-0.25, -0.2) is 4.79 Å². The molecule has 98 valence electrons. The van der Waals surface area contributed by atoms with Crippen molar-refractivity contribution in [3.63, 3.8) is 0 Å². The molecule has 0 bridgehead atoms. The van der Waals surface area contributed by atoms with Crippen LogP contribution in [0.2, 0.25) is 0 Å². The summed E-state index contributed by atoms with van der Waals surface area (Å²) in [6.07, 6.45) is 2.59. The van der Waals surface area contributed by atoms with Crippen molar-refractivity contribution >= 4 is 11.7 Å². The molecule has 0 saturated heterocycles. The molecule has 1 unspecified atom stereocenters. The summed E-state index contributed by atoms with van der Waals surface area (Å²) in [6.45, 7) is 6.74. The summed E-state index contributed by atoms with van der Waals surface area (Å²) in [7, 11) is 0. The fourth-order valence-corrected chi connectivity index (χ4v) is 1.97. The number of carbonyl (C=O) groups is 1. The molecule has 18 heavy (non-hydrogen) atoms. The predicted molar refractivity (Wildman–Crippen MR) is 72.8 cm³/mol. The first-order valence-electron chi connectivity index (χ1n) is 6.59. The molecule has 1 aromatic rings. The molecule has 1 saturated carbocycles. The van der Waals surface area contributed by atoms with Crippen LogP contribution in [-0.4, -0.2) is 18.6 Å². The molecule has 3 nitrogen and oxygen atoms in total. The molecule has 0 aliphatic heterocycles. The normalized spacial score (nSPS) is 17.9. The van der Waals surface area contributed by atoms with Gasteiger partial charge in [-0.3, -0.25) is 0 Å². The van der Waals surface area contributed by atoms with Gasteiger partial charge in [0.2, 0.25) is 0 Å². The lowest BCUT2D eigenvalue weighted by atomic mass is 10.0. The zero-order valence-electron chi connectivity index (χ0n) is 11.3. The van der Waals surface area contributed by atoms with E-state index in [1.54, 1.807) is 0 Å². The Balaban J connectivity index is 1.97. The number of ether oxygens (including phenoxy) is 1. The number of benzene rings is 1. The van der Waals surface area contributed by atoms with Crippen LogP contribution < -0.4 is 5.32 Å². The van der Waals surface area contributed by atoms with Crippen LogP contribution in [0.25, 0.3) is 0 Å². The minimum absolute atomic E-state index is 0.258. The van der Waals surface area contributed by atoms with Crippen LogP contribution >= 0.6 is 0 Å². The van der Waals surface area contributed by atoms with E-state index in [1.807, 2.05) is 31.2 Å². The van der Waals surface area contributed by atoms with Gasteiger partial charge in [0.25, 0.3) is 0 Å². The van der Waals surface area contributed by atoms with Crippen molar-refractivity contribution < 1.29 is 9.53 Å². The average molecular weight is 247 g/mol. The largest absolute Gasteiger partial charge is 0.462 e. The highest BCUT2D eigenvalue weighted by Crippen LogP contribution is 2.48. The van der Waals surface area contributed by atoms with Crippen molar-refractivity contribution in [2.24, 2.45) is 5.41 Å². The number of anilines is 1. The van der Waals surface area contributed by atoms with Crippen LogP contribution in [0.3, 0.4) is 0 Å². The zero-order valence-corrected chi connectivity index (χ0v) is 11.3. The van der Waals surface area contributed by atoms with Crippen LogP contribution in [0.4, 0.5) is 5.69 Å². The molecule has 3 heteroatoms. The van der Waals surface area contributed by atoms with Gasteiger partial charge in [-0.2, -0.15) is 0 Å². The lowest BCUT2D eigenvalue weighted by Gasteiger charge is -2.21. The number of carbonyl (C=O) groups excluding carboxylic acids is 1. The fourth-order valence-electron chi connectivity index (χ4n) is 1.97. The van der Waals surface area contributed by atoms with Gasteiger partial charge in [0.15, 0.2) is 0 Å². The summed E-state index contributed by atoms with van der Waals surface area (Å²) in [5.41, 5.74) is 2.11. The van der Waals surface area contributed by atoms with Crippen molar-refractivity contribution in [1.82, 2.24) is 0 Å². The van der Waals surface area contributed by atoms with E-state index in [9.17, 15) is 4.79 Å². The molecule has 1 N–H and O–H groups in total.